The molecule has 0 amide bonds. The van der Waals surface area contributed by atoms with Gasteiger partial charge in [-0.3, -0.25) is 10.1 Å². The fraction of sp³-hybridized carbons (Fsp3) is 0.250. The van der Waals surface area contributed by atoms with Gasteiger partial charge in [0.25, 0.3) is 0 Å². The van der Waals surface area contributed by atoms with Gasteiger partial charge in [-0.2, -0.15) is 0 Å². The highest BCUT2D eigenvalue weighted by Gasteiger charge is 2.24. The van der Waals surface area contributed by atoms with E-state index in [1.807, 2.05) is 48.9 Å². The molecule has 3 aromatic rings. The standard InChI is InChI=1S/C20H21N3O4/c1-4-22-9-8-21-20(22)16-11-17(23(24)25)19(18(12-16)26-3)27-13-15-7-5-6-14(2)10-15/h5-12H,4,13H2,1-3H3. The van der Waals surface area contributed by atoms with Gasteiger partial charge in [0.15, 0.2) is 5.75 Å². The maximum atomic E-state index is 11.7. The lowest BCUT2D eigenvalue weighted by Crippen LogP contribution is -2.03. The molecule has 0 fully saturated rings. The Labute approximate surface area is 157 Å². The summed E-state index contributed by atoms with van der Waals surface area (Å²) in [6, 6.07) is 11.0. The van der Waals surface area contributed by atoms with Gasteiger partial charge in [-0.05, 0) is 25.5 Å². The van der Waals surface area contributed by atoms with E-state index in [4.69, 9.17) is 9.47 Å². The number of rotatable bonds is 7. The predicted molar refractivity (Wildman–Crippen MR) is 102 cm³/mol. The van der Waals surface area contributed by atoms with Crippen LogP contribution in [-0.2, 0) is 13.2 Å². The topological polar surface area (TPSA) is 79.4 Å². The highest BCUT2D eigenvalue weighted by atomic mass is 16.6. The summed E-state index contributed by atoms with van der Waals surface area (Å²) in [6.07, 6.45) is 3.50. The molecular weight excluding hydrogens is 346 g/mol. The minimum absolute atomic E-state index is 0.113. The van der Waals surface area contributed by atoms with E-state index in [1.54, 1.807) is 12.3 Å². The van der Waals surface area contributed by atoms with Crippen LogP contribution in [0.3, 0.4) is 0 Å². The molecule has 0 unspecified atom stereocenters. The number of nitrogens with zero attached hydrogens (tertiary/aromatic N) is 3. The molecule has 27 heavy (non-hydrogen) atoms. The second-order valence-corrected chi connectivity index (χ2v) is 6.10. The Bertz CT molecular complexity index is 966. The van der Waals surface area contributed by atoms with Gasteiger partial charge in [-0.1, -0.05) is 29.8 Å². The van der Waals surface area contributed by atoms with Crippen LogP contribution >= 0.6 is 0 Å². The molecule has 140 valence electrons. The monoisotopic (exact) mass is 367 g/mol. The summed E-state index contributed by atoms with van der Waals surface area (Å²) in [6.45, 7) is 4.88. The molecule has 0 N–H and O–H groups in total. The lowest BCUT2D eigenvalue weighted by Gasteiger charge is -2.13. The number of nitro groups is 1. The van der Waals surface area contributed by atoms with Crippen molar-refractivity contribution in [3.05, 3.63) is 70.0 Å². The summed E-state index contributed by atoms with van der Waals surface area (Å²) in [5.74, 6) is 1.06. The summed E-state index contributed by atoms with van der Waals surface area (Å²) in [4.78, 5) is 15.5. The van der Waals surface area contributed by atoms with Gasteiger partial charge in [-0.25, -0.2) is 4.98 Å². The van der Waals surface area contributed by atoms with Crippen LogP contribution in [0.2, 0.25) is 0 Å². The molecule has 2 aromatic carbocycles. The van der Waals surface area contributed by atoms with Gasteiger partial charge >= 0.3 is 5.69 Å². The summed E-state index contributed by atoms with van der Waals surface area (Å²) in [5, 5.41) is 11.7. The Hall–Kier alpha value is -3.35. The summed E-state index contributed by atoms with van der Waals surface area (Å²) in [7, 11) is 1.47. The number of aryl methyl sites for hydroxylation is 2. The molecule has 0 aliphatic rings. The lowest BCUT2D eigenvalue weighted by molar-refractivity contribution is -0.386. The first kappa shape index (κ1) is 18.4. The number of aromatic nitrogens is 2. The molecule has 3 rings (SSSR count). The quantitative estimate of drug-likeness (QED) is 0.457. The maximum Gasteiger partial charge on any atom is 0.315 e. The third-order valence-corrected chi connectivity index (χ3v) is 4.23. The molecule has 0 aliphatic carbocycles. The molecule has 1 heterocycles. The Kier molecular flexibility index (Phi) is 5.40. The minimum Gasteiger partial charge on any atom is -0.493 e. The molecule has 0 bridgehead atoms. The largest absolute Gasteiger partial charge is 0.493 e. The molecule has 7 heteroatoms. The Morgan fingerprint density at radius 2 is 2.07 bits per heavy atom. The van der Waals surface area contributed by atoms with Gasteiger partial charge < -0.3 is 14.0 Å². The first-order valence-corrected chi connectivity index (χ1v) is 8.59. The molecule has 0 atom stereocenters. The molecule has 0 saturated carbocycles. The zero-order chi connectivity index (χ0) is 19.4. The summed E-state index contributed by atoms with van der Waals surface area (Å²) < 4.78 is 13.1. The Balaban J connectivity index is 2.01. The maximum absolute atomic E-state index is 11.7. The van der Waals surface area contributed by atoms with Gasteiger partial charge in [-0.15, -0.1) is 0 Å². The number of hydrogen-bond donors (Lipinski definition) is 0. The van der Waals surface area contributed by atoms with E-state index in [9.17, 15) is 10.1 Å². The van der Waals surface area contributed by atoms with Gasteiger partial charge in [0.1, 0.15) is 12.4 Å². The van der Waals surface area contributed by atoms with Crippen LogP contribution in [0.4, 0.5) is 5.69 Å². The molecule has 0 saturated heterocycles. The van der Waals surface area contributed by atoms with Gasteiger partial charge in [0.2, 0.25) is 5.75 Å². The molecular formula is C20H21N3O4. The first-order chi connectivity index (χ1) is 13.0. The fourth-order valence-electron chi connectivity index (χ4n) is 2.93. The Morgan fingerprint density at radius 3 is 2.74 bits per heavy atom. The van der Waals surface area contributed by atoms with Crippen LogP contribution in [0.25, 0.3) is 11.4 Å². The van der Waals surface area contributed by atoms with Crippen LogP contribution in [0.5, 0.6) is 11.5 Å². The number of imidazole rings is 1. The summed E-state index contributed by atoms with van der Waals surface area (Å²) in [5.41, 5.74) is 2.48. The number of ether oxygens (including phenoxy) is 2. The van der Waals surface area contributed by atoms with Crippen LogP contribution < -0.4 is 9.47 Å². The second kappa shape index (κ2) is 7.90. The fourth-order valence-corrected chi connectivity index (χ4v) is 2.93. The van der Waals surface area contributed by atoms with Crippen molar-refractivity contribution in [2.75, 3.05) is 7.11 Å². The highest BCUT2D eigenvalue weighted by molar-refractivity contribution is 5.69. The van der Waals surface area contributed by atoms with E-state index in [2.05, 4.69) is 4.98 Å². The number of methoxy groups -OCH3 is 1. The zero-order valence-electron chi connectivity index (χ0n) is 15.5. The average Bonchev–Trinajstić information content (AvgIpc) is 3.14. The highest BCUT2D eigenvalue weighted by Crippen LogP contribution is 2.41. The van der Waals surface area contributed by atoms with Crippen molar-refractivity contribution in [2.45, 2.75) is 27.0 Å². The van der Waals surface area contributed by atoms with E-state index in [0.717, 1.165) is 11.1 Å². The first-order valence-electron chi connectivity index (χ1n) is 8.59. The molecule has 0 radical (unpaired) electrons. The van der Waals surface area contributed by atoms with Crippen LogP contribution in [0, 0.1) is 17.0 Å². The van der Waals surface area contributed by atoms with Crippen molar-refractivity contribution in [3.63, 3.8) is 0 Å². The smallest absolute Gasteiger partial charge is 0.315 e. The van der Waals surface area contributed by atoms with Gasteiger partial charge in [0.05, 0.1) is 12.0 Å². The minimum atomic E-state index is -0.461. The van der Waals surface area contributed by atoms with E-state index < -0.39 is 4.92 Å². The summed E-state index contributed by atoms with van der Waals surface area (Å²) >= 11 is 0. The van der Waals surface area contributed by atoms with E-state index in [-0.39, 0.29) is 18.0 Å². The predicted octanol–water partition coefficient (Wildman–Crippen LogP) is 4.37. The van der Waals surface area contributed by atoms with Crippen molar-refractivity contribution in [2.24, 2.45) is 0 Å². The third-order valence-electron chi connectivity index (χ3n) is 4.23. The molecule has 1 aromatic heterocycles. The SMILES string of the molecule is CCn1ccnc1-c1cc(OC)c(OCc2cccc(C)c2)c([N+](=O)[O-])c1. The van der Waals surface area contributed by atoms with Crippen molar-refractivity contribution in [1.82, 2.24) is 9.55 Å². The van der Waals surface area contributed by atoms with Crippen molar-refractivity contribution < 1.29 is 14.4 Å². The van der Waals surface area contributed by atoms with E-state index in [0.29, 0.717) is 23.7 Å². The average molecular weight is 367 g/mol. The second-order valence-electron chi connectivity index (χ2n) is 6.10. The normalized spacial score (nSPS) is 10.6. The van der Waals surface area contributed by atoms with E-state index >= 15 is 0 Å². The number of nitro benzene ring substituents is 1. The lowest BCUT2D eigenvalue weighted by atomic mass is 10.1. The van der Waals surface area contributed by atoms with Crippen molar-refractivity contribution >= 4 is 5.69 Å². The van der Waals surface area contributed by atoms with Crippen molar-refractivity contribution in [3.8, 4) is 22.9 Å². The number of benzene rings is 2. The van der Waals surface area contributed by atoms with Crippen LogP contribution in [0.1, 0.15) is 18.1 Å². The Morgan fingerprint density at radius 1 is 1.26 bits per heavy atom. The number of hydrogen-bond acceptors (Lipinski definition) is 5. The molecule has 0 aliphatic heterocycles. The zero-order valence-corrected chi connectivity index (χ0v) is 15.5. The molecule has 7 nitrogen and oxygen atoms in total. The van der Waals surface area contributed by atoms with Crippen LogP contribution in [0.15, 0.2) is 48.8 Å². The van der Waals surface area contributed by atoms with Crippen molar-refractivity contribution in [1.29, 1.82) is 0 Å². The van der Waals surface area contributed by atoms with Crippen LogP contribution in [-0.4, -0.2) is 21.6 Å². The van der Waals surface area contributed by atoms with E-state index in [1.165, 1.54) is 13.2 Å². The third kappa shape index (κ3) is 3.92. The van der Waals surface area contributed by atoms with Gasteiger partial charge in [0, 0.05) is 30.6 Å². The molecule has 0 spiro atoms.